The maximum Gasteiger partial charge on any atom is 0.279 e. The number of halogens is 1. The van der Waals surface area contributed by atoms with Crippen molar-refractivity contribution in [3.8, 4) is 0 Å². The van der Waals surface area contributed by atoms with Gasteiger partial charge in [-0.2, -0.15) is 0 Å². The van der Waals surface area contributed by atoms with Gasteiger partial charge >= 0.3 is 0 Å². The molecule has 1 unspecified atom stereocenters. The van der Waals surface area contributed by atoms with Gasteiger partial charge in [-0.15, -0.1) is 11.3 Å². The van der Waals surface area contributed by atoms with E-state index < -0.39 is 0 Å². The molecule has 0 saturated carbocycles. The number of hydrogen-bond donors (Lipinski definition) is 2. The Morgan fingerprint density at radius 2 is 1.96 bits per heavy atom. The van der Waals surface area contributed by atoms with Crippen LogP contribution >= 0.6 is 27.3 Å². The van der Waals surface area contributed by atoms with E-state index in [0.29, 0.717) is 6.54 Å². The van der Waals surface area contributed by atoms with Gasteiger partial charge in [0.1, 0.15) is 11.6 Å². The minimum absolute atomic E-state index is 0.00549. The van der Waals surface area contributed by atoms with E-state index in [1.807, 2.05) is 49.5 Å². The largest absolute Gasteiger partial charge is 0.324 e. The number of benzene rings is 2. The van der Waals surface area contributed by atoms with Crippen LogP contribution in [0, 0.1) is 0 Å². The lowest BCUT2D eigenvalue weighted by Crippen LogP contribution is -3.08. The van der Waals surface area contributed by atoms with Crippen LogP contribution in [0.5, 0.6) is 0 Å². The third-order valence-corrected chi connectivity index (χ3v) is 4.95. The zero-order valence-electron chi connectivity index (χ0n) is 12.7. The number of aromatic nitrogens is 1. The van der Waals surface area contributed by atoms with Gasteiger partial charge in [0.15, 0.2) is 6.54 Å². The van der Waals surface area contributed by atoms with Gasteiger partial charge in [-0.1, -0.05) is 28.1 Å². The molecule has 118 valence electrons. The van der Waals surface area contributed by atoms with E-state index in [2.05, 4.69) is 32.3 Å². The van der Waals surface area contributed by atoms with Crippen molar-refractivity contribution in [3.63, 3.8) is 0 Å². The number of thiazole rings is 1. The maximum absolute atomic E-state index is 12.1. The molecule has 23 heavy (non-hydrogen) atoms. The number of carbonyl (C=O) groups excluding carboxylic acids is 1. The standard InChI is InChI=1S/C17H16BrN3OS/c1-21(10-16(22)19-13-8-6-12(18)7-9-13)11-17-20-14-4-2-3-5-15(14)23-17/h2-9H,10-11H2,1H3,(H,19,22)/p+1. The molecule has 6 heteroatoms. The lowest BCUT2D eigenvalue weighted by atomic mass is 10.3. The number of amides is 1. The van der Waals surface area contributed by atoms with Crippen LogP contribution in [0.2, 0.25) is 0 Å². The molecule has 0 aliphatic heterocycles. The lowest BCUT2D eigenvalue weighted by Gasteiger charge is -2.12. The third-order valence-electron chi connectivity index (χ3n) is 3.38. The highest BCUT2D eigenvalue weighted by Crippen LogP contribution is 2.20. The van der Waals surface area contributed by atoms with E-state index in [1.54, 1.807) is 11.3 Å². The number of anilines is 1. The van der Waals surface area contributed by atoms with Crippen LogP contribution in [0.4, 0.5) is 5.69 Å². The number of fused-ring (bicyclic) bond motifs is 1. The molecule has 1 aromatic heterocycles. The molecule has 0 bridgehead atoms. The second kappa shape index (κ2) is 7.21. The van der Waals surface area contributed by atoms with Gasteiger partial charge in [-0.25, -0.2) is 4.98 Å². The summed E-state index contributed by atoms with van der Waals surface area (Å²) in [6.07, 6.45) is 0. The van der Waals surface area contributed by atoms with E-state index in [1.165, 1.54) is 4.70 Å². The van der Waals surface area contributed by atoms with Crippen molar-refractivity contribution < 1.29 is 9.69 Å². The molecule has 1 atom stereocenters. The van der Waals surface area contributed by atoms with Crippen molar-refractivity contribution in [1.29, 1.82) is 0 Å². The van der Waals surface area contributed by atoms with E-state index in [0.717, 1.165) is 32.1 Å². The van der Waals surface area contributed by atoms with Gasteiger partial charge < -0.3 is 10.2 Å². The molecule has 2 aromatic carbocycles. The maximum atomic E-state index is 12.1. The number of para-hydroxylation sites is 1. The number of carbonyl (C=O) groups is 1. The molecule has 0 aliphatic carbocycles. The van der Waals surface area contributed by atoms with Gasteiger partial charge in [-0.3, -0.25) is 4.79 Å². The van der Waals surface area contributed by atoms with E-state index in [4.69, 9.17) is 0 Å². The summed E-state index contributed by atoms with van der Waals surface area (Å²) in [4.78, 5) is 17.8. The fourth-order valence-corrected chi connectivity index (χ4v) is 3.67. The van der Waals surface area contributed by atoms with E-state index in [-0.39, 0.29) is 5.91 Å². The van der Waals surface area contributed by atoms with Gasteiger partial charge in [0.05, 0.1) is 17.3 Å². The predicted octanol–water partition coefficient (Wildman–Crippen LogP) is 2.71. The Morgan fingerprint density at radius 1 is 1.22 bits per heavy atom. The van der Waals surface area contributed by atoms with E-state index >= 15 is 0 Å². The number of rotatable bonds is 5. The van der Waals surface area contributed by atoms with Crippen LogP contribution in [-0.4, -0.2) is 24.5 Å². The third kappa shape index (κ3) is 4.37. The first-order chi connectivity index (χ1) is 11.1. The number of likely N-dealkylation sites (N-methyl/N-ethyl adjacent to an activating group) is 1. The van der Waals surface area contributed by atoms with E-state index in [9.17, 15) is 4.79 Å². The first kappa shape index (κ1) is 16.1. The van der Waals surface area contributed by atoms with Gasteiger partial charge in [0, 0.05) is 10.2 Å². The van der Waals surface area contributed by atoms with Crippen LogP contribution in [-0.2, 0) is 11.3 Å². The molecule has 3 rings (SSSR count). The molecule has 1 heterocycles. The SMILES string of the molecule is C[NH+](CC(=O)Nc1ccc(Br)cc1)Cc1nc2ccccc2s1. The molecule has 2 N–H and O–H groups in total. The number of nitrogens with zero attached hydrogens (tertiary/aromatic N) is 1. The normalized spacial score (nSPS) is 12.3. The minimum Gasteiger partial charge on any atom is -0.324 e. The molecule has 0 spiro atoms. The van der Waals surface area contributed by atoms with Gasteiger partial charge in [0.2, 0.25) is 0 Å². The summed E-state index contributed by atoms with van der Waals surface area (Å²) < 4.78 is 2.18. The fourth-order valence-electron chi connectivity index (χ4n) is 2.33. The molecule has 3 aromatic rings. The molecule has 0 aliphatic rings. The molecule has 4 nitrogen and oxygen atoms in total. The Kier molecular flexibility index (Phi) is 5.05. The highest BCUT2D eigenvalue weighted by atomic mass is 79.9. The summed E-state index contributed by atoms with van der Waals surface area (Å²) in [5, 5.41) is 3.97. The highest BCUT2D eigenvalue weighted by molar-refractivity contribution is 9.10. The monoisotopic (exact) mass is 390 g/mol. The van der Waals surface area contributed by atoms with Crippen molar-refractivity contribution in [1.82, 2.24) is 4.98 Å². The average molecular weight is 391 g/mol. The molecule has 0 saturated heterocycles. The topological polar surface area (TPSA) is 46.4 Å². The average Bonchev–Trinajstić information content (AvgIpc) is 2.91. The van der Waals surface area contributed by atoms with Crippen molar-refractivity contribution in [2.45, 2.75) is 6.54 Å². The summed E-state index contributed by atoms with van der Waals surface area (Å²) in [6.45, 7) is 1.15. The summed E-state index contributed by atoms with van der Waals surface area (Å²) in [6, 6.07) is 15.7. The molecular weight excluding hydrogens is 374 g/mol. The second-order valence-corrected chi connectivity index (χ2v) is 7.47. The van der Waals surface area contributed by atoms with Crippen LogP contribution < -0.4 is 10.2 Å². The van der Waals surface area contributed by atoms with Crippen molar-refractivity contribution in [2.75, 3.05) is 18.9 Å². The molecule has 0 radical (unpaired) electrons. The summed E-state index contributed by atoms with van der Waals surface area (Å²) in [5.41, 5.74) is 1.84. The van der Waals surface area contributed by atoms with Crippen LogP contribution in [0.1, 0.15) is 5.01 Å². The van der Waals surface area contributed by atoms with Crippen LogP contribution in [0.25, 0.3) is 10.2 Å². The predicted molar refractivity (Wildman–Crippen MR) is 97.8 cm³/mol. The van der Waals surface area contributed by atoms with Crippen molar-refractivity contribution in [2.24, 2.45) is 0 Å². The van der Waals surface area contributed by atoms with Gasteiger partial charge in [0.25, 0.3) is 5.91 Å². The molecular formula is C17H17BrN3OS+. The second-order valence-electron chi connectivity index (χ2n) is 5.44. The first-order valence-corrected chi connectivity index (χ1v) is 8.92. The molecule has 0 fully saturated rings. The Balaban J connectivity index is 1.56. The number of quaternary nitrogens is 1. The van der Waals surface area contributed by atoms with Crippen molar-refractivity contribution in [3.05, 3.63) is 58.0 Å². The van der Waals surface area contributed by atoms with Crippen molar-refractivity contribution >= 4 is 49.1 Å². The summed E-state index contributed by atoms with van der Waals surface area (Å²) in [7, 11) is 2.01. The van der Waals surface area contributed by atoms with Gasteiger partial charge in [-0.05, 0) is 36.4 Å². The zero-order valence-corrected chi connectivity index (χ0v) is 15.1. The Morgan fingerprint density at radius 3 is 2.70 bits per heavy atom. The quantitative estimate of drug-likeness (QED) is 0.703. The van der Waals surface area contributed by atoms with Crippen LogP contribution in [0.15, 0.2) is 53.0 Å². The Bertz CT molecular complexity index is 783. The summed E-state index contributed by atoms with van der Waals surface area (Å²) >= 11 is 5.07. The first-order valence-electron chi connectivity index (χ1n) is 7.31. The number of nitrogens with one attached hydrogen (secondary N) is 2. The number of hydrogen-bond acceptors (Lipinski definition) is 3. The zero-order chi connectivity index (χ0) is 16.2. The van der Waals surface area contributed by atoms with Crippen LogP contribution in [0.3, 0.4) is 0 Å². The molecule has 1 amide bonds. The summed E-state index contributed by atoms with van der Waals surface area (Å²) in [5.74, 6) is 0.00549. The lowest BCUT2D eigenvalue weighted by molar-refractivity contribution is -0.885. The smallest absolute Gasteiger partial charge is 0.279 e. The Labute approximate surface area is 147 Å². The highest BCUT2D eigenvalue weighted by Gasteiger charge is 2.13. The Hall–Kier alpha value is -1.76. The fraction of sp³-hybridized carbons (Fsp3) is 0.176. The minimum atomic E-state index is 0.00549.